The van der Waals surface area contributed by atoms with Crippen molar-refractivity contribution in [3.63, 3.8) is 0 Å². The lowest BCUT2D eigenvalue weighted by molar-refractivity contribution is -0.123. The molecule has 126 valence electrons. The Balaban J connectivity index is 1.92. The minimum Gasteiger partial charge on any atom is -0.507 e. The van der Waals surface area contributed by atoms with Crippen LogP contribution < -0.4 is 10.2 Å². The van der Waals surface area contributed by atoms with Crippen LogP contribution >= 0.6 is 15.9 Å². The van der Waals surface area contributed by atoms with Gasteiger partial charge in [0, 0.05) is 5.56 Å². The number of phenolic OH excluding ortho intramolecular Hbond substituents is 1. The number of aryl methyl sites for hydroxylation is 3. The van der Waals surface area contributed by atoms with Crippen molar-refractivity contribution in [1.82, 2.24) is 5.43 Å². The van der Waals surface area contributed by atoms with Crippen LogP contribution in [0.3, 0.4) is 0 Å². The van der Waals surface area contributed by atoms with Gasteiger partial charge >= 0.3 is 0 Å². The molecule has 2 rings (SSSR count). The Morgan fingerprint density at radius 2 is 2.00 bits per heavy atom. The molecule has 0 aliphatic heterocycles. The Bertz CT molecular complexity index is 765. The molecule has 0 spiro atoms. The SMILES string of the molecule is Cc1cc(C)c(OCC(=O)N/N=C\c2cc(C)ccc2O)c(Br)c1. The molecule has 1 amide bonds. The largest absolute Gasteiger partial charge is 0.507 e. The number of hydrogen-bond donors (Lipinski definition) is 2. The number of nitrogens with zero attached hydrogens (tertiary/aromatic N) is 1. The molecule has 6 heteroatoms. The Kier molecular flexibility index (Phi) is 5.98. The Labute approximate surface area is 149 Å². The zero-order chi connectivity index (χ0) is 17.7. The fourth-order valence-electron chi connectivity index (χ4n) is 2.21. The number of hydrazone groups is 1. The monoisotopic (exact) mass is 390 g/mol. The summed E-state index contributed by atoms with van der Waals surface area (Å²) in [4.78, 5) is 11.8. The van der Waals surface area contributed by atoms with E-state index >= 15 is 0 Å². The third-order valence-corrected chi connectivity index (χ3v) is 3.89. The zero-order valence-electron chi connectivity index (χ0n) is 13.8. The van der Waals surface area contributed by atoms with Crippen LogP contribution in [0, 0.1) is 20.8 Å². The van der Waals surface area contributed by atoms with E-state index in [-0.39, 0.29) is 18.3 Å². The molecule has 0 bridgehead atoms. The number of hydrogen-bond acceptors (Lipinski definition) is 4. The summed E-state index contributed by atoms with van der Waals surface area (Å²) in [6.07, 6.45) is 1.40. The Morgan fingerprint density at radius 3 is 2.71 bits per heavy atom. The third kappa shape index (κ3) is 4.83. The van der Waals surface area contributed by atoms with Crippen LogP contribution in [0.5, 0.6) is 11.5 Å². The molecule has 24 heavy (non-hydrogen) atoms. The summed E-state index contributed by atoms with van der Waals surface area (Å²) in [5.41, 5.74) is 5.96. The molecule has 2 N–H and O–H groups in total. The maximum atomic E-state index is 11.8. The highest BCUT2D eigenvalue weighted by Gasteiger charge is 2.09. The van der Waals surface area contributed by atoms with Gasteiger partial charge < -0.3 is 9.84 Å². The second-order valence-electron chi connectivity index (χ2n) is 5.54. The molecule has 0 fully saturated rings. The van der Waals surface area contributed by atoms with E-state index in [4.69, 9.17) is 4.74 Å². The van der Waals surface area contributed by atoms with Gasteiger partial charge in [-0.1, -0.05) is 17.7 Å². The maximum Gasteiger partial charge on any atom is 0.277 e. The van der Waals surface area contributed by atoms with E-state index in [0.29, 0.717) is 11.3 Å². The lowest BCUT2D eigenvalue weighted by atomic mass is 10.1. The molecule has 0 saturated heterocycles. The summed E-state index contributed by atoms with van der Waals surface area (Å²) < 4.78 is 6.35. The van der Waals surface area contributed by atoms with Crippen LogP contribution in [0.1, 0.15) is 22.3 Å². The van der Waals surface area contributed by atoms with Crippen LogP contribution in [0.25, 0.3) is 0 Å². The highest BCUT2D eigenvalue weighted by molar-refractivity contribution is 9.10. The fourth-order valence-corrected chi connectivity index (χ4v) is 2.99. The van der Waals surface area contributed by atoms with Crippen LogP contribution in [0.15, 0.2) is 39.9 Å². The van der Waals surface area contributed by atoms with Crippen molar-refractivity contribution in [1.29, 1.82) is 0 Å². The molecule has 0 heterocycles. The molecule has 0 atom stereocenters. The van der Waals surface area contributed by atoms with E-state index in [1.165, 1.54) is 6.21 Å². The summed E-state index contributed by atoms with van der Waals surface area (Å²) in [5.74, 6) is 0.357. The molecular formula is C18H19BrN2O3. The lowest BCUT2D eigenvalue weighted by Gasteiger charge is -2.11. The van der Waals surface area contributed by atoms with E-state index in [9.17, 15) is 9.90 Å². The van der Waals surface area contributed by atoms with Crippen LogP contribution in [-0.2, 0) is 4.79 Å². The quantitative estimate of drug-likeness (QED) is 0.604. The fraction of sp³-hybridized carbons (Fsp3) is 0.222. The molecule has 2 aromatic carbocycles. The van der Waals surface area contributed by atoms with Crippen molar-refractivity contribution >= 4 is 28.1 Å². The van der Waals surface area contributed by atoms with Crippen molar-refractivity contribution in [2.24, 2.45) is 5.10 Å². The Morgan fingerprint density at radius 1 is 1.25 bits per heavy atom. The van der Waals surface area contributed by atoms with Gasteiger partial charge in [0.2, 0.25) is 0 Å². The van der Waals surface area contributed by atoms with Crippen molar-refractivity contribution in [3.05, 3.63) is 57.1 Å². The number of nitrogens with one attached hydrogen (secondary N) is 1. The molecule has 0 unspecified atom stereocenters. The summed E-state index contributed by atoms with van der Waals surface area (Å²) in [7, 11) is 0. The van der Waals surface area contributed by atoms with Crippen LogP contribution in [0.4, 0.5) is 0 Å². The third-order valence-electron chi connectivity index (χ3n) is 3.30. The van der Waals surface area contributed by atoms with Crippen molar-refractivity contribution in [2.75, 3.05) is 6.61 Å². The first-order chi connectivity index (χ1) is 11.4. The van der Waals surface area contributed by atoms with Gasteiger partial charge in [-0.3, -0.25) is 4.79 Å². The summed E-state index contributed by atoms with van der Waals surface area (Å²) >= 11 is 3.43. The lowest BCUT2D eigenvalue weighted by Crippen LogP contribution is -2.24. The number of carbonyl (C=O) groups excluding carboxylic acids is 1. The number of ether oxygens (including phenoxy) is 1. The van der Waals surface area contributed by atoms with E-state index in [0.717, 1.165) is 21.2 Å². The Hall–Kier alpha value is -2.34. The van der Waals surface area contributed by atoms with Gasteiger partial charge in [-0.2, -0.15) is 5.10 Å². The molecule has 0 saturated carbocycles. The average molecular weight is 391 g/mol. The average Bonchev–Trinajstić information content (AvgIpc) is 2.49. The minimum absolute atomic E-state index is 0.106. The zero-order valence-corrected chi connectivity index (χ0v) is 15.3. The second kappa shape index (κ2) is 7.97. The highest BCUT2D eigenvalue weighted by Crippen LogP contribution is 2.30. The van der Waals surface area contributed by atoms with E-state index in [1.807, 2.05) is 32.9 Å². The number of phenols is 1. The molecule has 0 aliphatic rings. The molecule has 0 aromatic heterocycles. The van der Waals surface area contributed by atoms with E-state index in [2.05, 4.69) is 26.5 Å². The molecule has 5 nitrogen and oxygen atoms in total. The summed E-state index contributed by atoms with van der Waals surface area (Å²) in [5, 5.41) is 13.5. The van der Waals surface area contributed by atoms with E-state index < -0.39 is 0 Å². The highest BCUT2D eigenvalue weighted by atomic mass is 79.9. The molecular weight excluding hydrogens is 372 g/mol. The molecule has 2 aromatic rings. The van der Waals surface area contributed by atoms with Gasteiger partial charge in [-0.15, -0.1) is 0 Å². The predicted octanol–water partition coefficient (Wildman–Crippen LogP) is 3.61. The number of benzene rings is 2. The topological polar surface area (TPSA) is 70.9 Å². The maximum absolute atomic E-state index is 11.8. The molecule has 0 radical (unpaired) electrons. The number of rotatable bonds is 5. The van der Waals surface area contributed by atoms with Crippen molar-refractivity contribution < 1.29 is 14.6 Å². The van der Waals surface area contributed by atoms with Gasteiger partial charge in [0.05, 0.1) is 10.7 Å². The predicted molar refractivity (Wildman–Crippen MR) is 97.7 cm³/mol. The summed E-state index contributed by atoms with van der Waals surface area (Å²) in [6, 6.07) is 9.06. The normalized spacial score (nSPS) is 10.8. The van der Waals surface area contributed by atoms with Gasteiger partial charge in [0.25, 0.3) is 5.91 Å². The molecule has 0 aliphatic carbocycles. The standard InChI is InChI=1S/C18H19BrN2O3/c1-11-4-5-16(22)14(7-11)9-20-21-17(23)10-24-18-13(3)6-12(2)8-15(18)19/h4-9,22H,10H2,1-3H3,(H,21,23)/b20-9-. The van der Waals surface area contributed by atoms with Gasteiger partial charge in [0.15, 0.2) is 6.61 Å². The van der Waals surface area contributed by atoms with Crippen LogP contribution in [-0.4, -0.2) is 23.8 Å². The first kappa shape index (κ1) is 18.0. The first-order valence-electron chi connectivity index (χ1n) is 7.38. The van der Waals surface area contributed by atoms with E-state index in [1.54, 1.807) is 18.2 Å². The number of aromatic hydroxyl groups is 1. The summed E-state index contributed by atoms with van der Waals surface area (Å²) in [6.45, 7) is 5.66. The number of carbonyl (C=O) groups is 1. The minimum atomic E-state index is -0.384. The van der Waals surface area contributed by atoms with Gasteiger partial charge in [-0.25, -0.2) is 5.43 Å². The number of halogens is 1. The van der Waals surface area contributed by atoms with Crippen LogP contribution in [0.2, 0.25) is 0 Å². The van der Waals surface area contributed by atoms with Gasteiger partial charge in [0.1, 0.15) is 11.5 Å². The second-order valence-corrected chi connectivity index (χ2v) is 6.39. The smallest absolute Gasteiger partial charge is 0.277 e. The number of amides is 1. The van der Waals surface area contributed by atoms with Gasteiger partial charge in [-0.05, 0) is 66.0 Å². The van der Waals surface area contributed by atoms with Crippen molar-refractivity contribution in [2.45, 2.75) is 20.8 Å². The first-order valence-corrected chi connectivity index (χ1v) is 8.17. The van der Waals surface area contributed by atoms with Crippen molar-refractivity contribution in [3.8, 4) is 11.5 Å².